The van der Waals surface area contributed by atoms with Crippen LogP contribution in [0.2, 0.25) is 0 Å². The monoisotopic (exact) mass is 408 g/mol. The van der Waals surface area contributed by atoms with Crippen molar-refractivity contribution in [1.29, 1.82) is 0 Å². The number of benzene rings is 1. The molecule has 0 aliphatic rings. The first-order chi connectivity index (χ1) is 12.9. The molecule has 0 saturated carbocycles. The van der Waals surface area contributed by atoms with Crippen molar-refractivity contribution in [2.75, 3.05) is 0 Å². The lowest BCUT2D eigenvalue weighted by atomic mass is 10.2. The van der Waals surface area contributed by atoms with Crippen molar-refractivity contribution in [3.63, 3.8) is 0 Å². The summed E-state index contributed by atoms with van der Waals surface area (Å²) in [4.78, 5) is 11.9. The Morgan fingerprint density at radius 3 is 2.29 bits per heavy atom. The third-order valence-corrected chi connectivity index (χ3v) is 3.38. The summed E-state index contributed by atoms with van der Waals surface area (Å²) in [5.41, 5.74) is 2.82. The highest BCUT2D eigenvalue weighted by molar-refractivity contribution is 5.95. The average molecular weight is 408 g/mol. The summed E-state index contributed by atoms with van der Waals surface area (Å²) in [7, 11) is 0. The molecule has 0 saturated heterocycles. The lowest BCUT2D eigenvalue weighted by molar-refractivity contribution is -0.304. The van der Waals surface area contributed by atoms with Crippen LogP contribution in [0.4, 0.5) is 26.3 Å². The van der Waals surface area contributed by atoms with Crippen LogP contribution in [-0.4, -0.2) is 30.6 Å². The lowest BCUT2D eigenvalue weighted by Crippen LogP contribution is -2.45. The zero-order valence-corrected chi connectivity index (χ0v) is 14.5. The molecule has 1 N–H and O–H groups in total. The van der Waals surface area contributed by atoms with Gasteiger partial charge in [0, 0.05) is 0 Å². The van der Waals surface area contributed by atoms with Crippen LogP contribution in [0.5, 0.6) is 5.75 Å². The summed E-state index contributed by atoms with van der Waals surface area (Å²) < 4.78 is 84.4. The highest BCUT2D eigenvalue weighted by Crippen LogP contribution is 2.36. The van der Waals surface area contributed by atoms with E-state index in [4.69, 9.17) is 4.42 Å². The Hall–Kier alpha value is -2.98. The van der Waals surface area contributed by atoms with E-state index in [2.05, 4.69) is 15.3 Å². The van der Waals surface area contributed by atoms with Crippen LogP contribution in [0.1, 0.15) is 27.4 Å². The van der Waals surface area contributed by atoms with Crippen molar-refractivity contribution >= 4 is 12.1 Å². The summed E-state index contributed by atoms with van der Waals surface area (Å²) in [5.74, 6) is -0.272. The zero-order chi connectivity index (χ0) is 21.1. The number of alkyl halides is 6. The molecule has 0 unspecified atom stereocenters. The minimum Gasteiger partial charge on any atom is -0.466 e. The van der Waals surface area contributed by atoms with E-state index >= 15 is 0 Å². The second kappa shape index (κ2) is 7.95. The van der Waals surface area contributed by atoms with Crippen LogP contribution in [0.3, 0.4) is 0 Å². The second-order valence-corrected chi connectivity index (χ2v) is 5.66. The van der Waals surface area contributed by atoms with Gasteiger partial charge in [0.25, 0.3) is 12.1 Å². The number of aryl methyl sites for hydroxylation is 2. The number of carbonyl (C=O) groups excluding carboxylic acids is 1. The number of ether oxygens (including phenoxy) is 1. The molecule has 1 amide bonds. The molecule has 0 aliphatic carbocycles. The molecule has 1 heterocycles. The van der Waals surface area contributed by atoms with Crippen LogP contribution >= 0.6 is 0 Å². The predicted molar refractivity (Wildman–Crippen MR) is 86.2 cm³/mol. The number of nitrogens with one attached hydrogen (secondary N) is 1. The molecule has 5 nitrogen and oxygen atoms in total. The molecule has 2 aromatic rings. The predicted octanol–water partition coefficient (Wildman–Crippen LogP) is 4.53. The molecule has 152 valence electrons. The van der Waals surface area contributed by atoms with E-state index in [1.54, 1.807) is 13.8 Å². The highest BCUT2D eigenvalue weighted by atomic mass is 19.4. The molecule has 11 heteroatoms. The smallest absolute Gasteiger partial charge is 0.439 e. The molecular weight excluding hydrogens is 394 g/mol. The number of hydrazone groups is 1. The Morgan fingerprint density at radius 2 is 1.79 bits per heavy atom. The quantitative estimate of drug-likeness (QED) is 0.434. The summed E-state index contributed by atoms with van der Waals surface area (Å²) >= 11 is 0. The first kappa shape index (κ1) is 21.3. The van der Waals surface area contributed by atoms with Crippen LogP contribution < -0.4 is 10.2 Å². The van der Waals surface area contributed by atoms with Gasteiger partial charge in [-0.1, -0.05) is 0 Å². The zero-order valence-electron chi connectivity index (χ0n) is 14.5. The Balaban J connectivity index is 1.98. The Bertz CT molecular complexity index is 859. The van der Waals surface area contributed by atoms with Gasteiger partial charge >= 0.3 is 12.3 Å². The van der Waals surface area contributed by atoms with Crippen molar-refractivity contribution in [2.45, 2.75) is 32.3 Å². The summed E-state index contributed by atoms with van der Waals surface area (Å²) in [6.45, 7) is 3.26. The number of nitrogens with zero attached hydrogens (tertiary/aromatic N) is 1. The fourth-order valence-corrected chi connectivity index (χ4v) is 2.10. The van der Waals surface area contributed by atoms with Gasteiger partial charge in [-0.05, 0) is 49.7 Å². The number of halogens is 6. The largest absolute Gasteiger partial charge is 0.466 e. The van der Waals surface area contributed by atoms with Gasteiger partial charge in [-0.3, -0.25) is 4.79 Å². The van der Waals surface area contributed by atoms with Crippen LogP contribution in [0, 0.1) is 13.8 Å². The molecule has 28 heavy (non-hydrogen) atoms. The Morgan fingerprint density at radius 1 is 1.18 bits per heavy atom. The van der Waals surface area contributed by atoms with E-state index < -0.39 is 30.1 Å². The van der Waals surface area contributed by atoms with Crippen LogP contribution in [0.15, 0.2) is 39.9 Å². The van der Waals surface area contributed by atoms with Crippen molar-refractivity contribution in [3.05, 3.63) is 53.0 Å². The summed E-state index contributed by atoms with van der Waals surface area (Å²) in [6, 6.07) is 5.68. The summed E-state index contributed by atoms with van der Waals surface area (Å²) in [6.07, 6.45) is -14.1. The van der Waals surface area contributed by atoms with Gasteiger partial charge in [-0.25, -0.2) is 9.82 Å². The highest BCUT2D eigenvalue weighted by Gasteiger charge is 2.59. The summed E-state index contributed by atoms with van der Waals surface area (Å²) in [5, 5.41) is 3.67. The molecular formula is C17H14F6N2O3. The Kier molecular flexibility index (Phi) is 6.05. The minimum absolute atomic E-state index is 0.283. The average Bonchev–Trinajstić information content (AvgIpc) is 2.93. The molecule has 1 atom stereocenters. The fraction of sp³-hybridized carbons (Fsp3) is 0.294. The minimum atomic E-state index is -5.76. The molecule has 1 aromatic heterocycles. The van der Waals surface area contributed by atoms with Crippen LogP contribution in [-0.2, 0) is 0 Å². The SMILES string of the molecule is Cc1cc(C(=O)N/N=C\c2ccc(OC(F)(F)[C@@H](F)C(F)(F)F)cc2)c(C)o1. The number of carbonyl (C=O) groups is 1. The lowest BCUT2D eigenvalue weighted by Gasteiger charge is -2.23. The van der Waals surface area contributed by atoms with Crippen molar-refractivity contribution in [2.24, 2.45) is 5.10 Å². The molecule has 0 radical (unpaired) electrons. The second-order valence-electron chi connectivity index (χ2n) is 5.66. The molecule has 0 bridgehead atoms. The van der Waals surface area contributed by atoms with Gasteiger partial charge < -0.3 is 9.15 Å². The third kappa shape index (κ3) is 5.27. The van der Waals surface area contributed by atoms with E-state index in [-0.39, 0.29) is 5.56 Å². The maximum atomic E-state index is 13.2. The third-order valence-electron chi connectivity index (χ3n) is 3.38. The van der Waals surface area contributed by atoms with E-state index in [1.807, 2.05) is 0 Å². The van der Waals surface area contributed by atoms with E-state index in [1.165, 1.54) is 18.2 Å². The molecule has 1 aromatic carbocycles. The molecule has 2 rings (SSSR count). The topological polar surface area (TPSA) is 63.8 Å². The normalized spacial score (nSPS) is 13.6. The van der Waals surface area contributed by atoms with Gasteiger partial charge in [0.2, 0.25) is 0 Å². The van der Waals surface area contributed by atoms with Gasteiger partial charge in [-0.15, -0.1) is 0 Å². The van der Waals surface area contributed by atoms with E-state index in [0.717, 1.165) is 18.3 Å². The number of hydrogen-bond donors (Lipinski definition) is 1. The van der Waals surface area contributed by atoms with E-state index in [0.29, 0.717) is 17.1 Å². The van der Waals surface area contributed by atoms with Crippen molar-refractivity contribution in [1.82, 2.24) is 5.43 Å². The number of amides is 1. The molecule has 0 aliphatic heterocycles. The fourth-order valence-electron chi connectivity index (χ4n) is 2.10. The Labute approximate surface area is 155 Å². The van der Waals surface area contributed by atoms with E-state index in [9.17, 15) is 31.1 Å². The number of furan rings is 1. The van der Waals surface area contributed by atoms with Gasteiger partial charge in [-0.2, -0.15) is 27.1 Å². The van der Waals surface area contributed by atoms with Gasteiger partial charge in [0.05, 0.1) is 11.8 Å². The van der Waals surface area contributed by atoms with Crippen molar-refractivity contribution in [3.8, 4) is 5.75 Å². The first-order valence-corrected chi connectivity index (χ1v) is 7.68. The van der Waals surface area contributed by atoms with Crippen molar-refractivity contribution < 1.29 is 40.3 Å². The van der Waals surface area contributed by atoms with Gasteiger partial charge in [0.1, 0.15) is 17.3 Å². The maximum Gasteiger partial charge on any atom is 0.439 e. The first-order valence-electron chi connectivity index (χ1n) is 7.68. The number of rotatable bonds is 6. The molecule has 0 spiro atoms. The number of hydrogen-bond acceptors (Lipinski definition) is 4. The van der Waals surface area contributed by atoms with Crippen LogP contribution in [0.25, 0.3) is 0 Å². The maximum absolute atomic E-state index is 13.2. The molecule has 0 fully saturated rings. The standard InChI is InChI=1S/C17H14F6N2O3/c1-9-7-13(10(2)27-9)14(26)25-24-8-11-3-5-12(6-4-11)28-17(22,23)15(18)16(19,20)21/h3-8,15H,1-2H3,(H,25,26)/b24-8-/t15-/m0/s1. The van der Waals surface area contributed by atoms with Gasteiger partial charge in [0.15, 0.2) is 0 Å².